The Bertz CT molecular complexity index is 1160. The lowest BCUT2D eigenvalue weighted by atomic mass is 9.73. The number of nitrogens with one attached hydrogen (secondary N) is 2. The number of halogens is 2. The summed E-state index contributed by atoms with van der Waals surface area (Å²) in [6, 6.07) is 7.48. The topological polar surface area (TPSA) is 128 Å². The van der Waals surface area contributed by atoms with E-state index in [9.17, 15) is 27.6 Å². The molecule has 0 aliphatic heterocycles. The molecule has 0 saturated heterocycles. The quantitative estimate of drug-likeness (QED) is 0.507. The molecule has 34 heavy (non-hydrogen) atoms. The monoisotopic (exact) mass is 493 g/mol. The summed E-state index contributed by atoms with van der Waals surface area (Å²) in [5.74, 6) is 0.744. The third kappa shape index (κ3) is 5.80. The van der Waals surface area contributed by atoms with Crippen LogP contribution in [0.3, 0.4) is 0 Å². The zero-order valence-electron chi connectivity index (χ0n) is 19.3. The summed E-state index contributed by atoms with van der Waals surface area (Å²) in [5.41, 5.74) is 0.832. The fourth-order valence-electron chi connectivity index (χ4n) is 3.96. The SMILES string of the molecule is CC1(C)C[C@H](Nc2nc(NCCc3ccc(S(=O)(=O)C(C)(F)F)cc3)ncc2C#N)CC[C@@H]1O. The maximum absolute atomic E-state index is 13.3. The van der Waals surface area contributed by atoms with Gasteiger partial charge in [0.15, 0.2) is 0 Å². The summed E-state index contributed by atoms with van der Waals surface area (Å²) in [6.45, 7) is 4.79. The molecule has 1 aliphatic rings. The van der Waals surface area contributed by atoms with Crippen molar-refractivity contribution in [2.24, 2.45) is 5.41 Å². The molecular weight excluding hydrogens is 464 g/mol. The van der Waals surface area contributed by atoms with Gasteiger partial charge in [-0.25, -0.2) is 13.4 Å². The highest BCUT2D eigenvalue weighted by molar-refractivity contribution is 7.92. The Hall–Kier alpha value is -2.84. The van der Waals surface area contributed by atoms with Gasteiger partial charge >= 0.3 is 5.25 Å². The van der Waals surface area contributed by atoms with Crippen LogP contribution in [0.15, 0.2) is 35.4 Å². The first-order valence-corrected chi connectivity index (χ1v) is 12.5. The molecule has 0 unspecified atom stereocenters. The third-order valence-electron chi connectivity index (χ3n) is 6.12. The van der Waals surface area contributed by atoms with Crippen LogP contribution in [-0.2, 0) is 16.3 Å². The largest absolute Gasteiger partial charge is 0.393 e. The molecule has 1 saturated carbocycles. The first-order chi connectivity index (χ1) is 15.8. The molecule has 8 nitrogen and oxygen atoms in total. The molecule has 2 aromatic rings. The number of aliphatic hydroxyl groups is 1. The van der Waals surface area contributed by atoms with E-state index in [4.69, 9.17) is 0 Å². The molecule has 1 aromatic heterocycles. The summed E-state index contributed by atoms with van der Waals surface area (Å²) >= 11 is 0. The van der Waals surface area contributed by atoms with Crippen molar-refractivity contribution in [1.29, 1.82) is 5.26 Å². The average molecular weight is 494 g/mol. The van der Waals surface area contributed by atoms with Gasteiger partial charge in [-0.15, -0.1) is 0 Å². The van der Waals surface area contributed by atoms with Crippen molar-refractivity contribution in [3.63, 3.8) is 0 Å². The molecule has 11 heteroatoms. The minimum absolute atomic E-state index is 0.0681. The van der Waals surface area contributed by atoms with E-state index in [0.717, 1.165) is 18.4 Å². The van der Waals surface area contributed by atoms with Gasteiger partial charge in [-0.1, -0.05) is 26.0 Å². The number of benzene rings is 1. The Kier molecular flexibility index (Phi) is 7.43. The molecule has 0 bridgehead atoms. The number of nitrogens with zero attached hydrogens (tertiary/aromatic N) is 3. The van der Waals surface area contributed by atoms with Gasteiger partial charge in [0.05, 0.1) is 17.2 Å². The second-order valence-electron chi connectivity index (χ2n) is 9.33. The highest BCUT2D eigenvalue weighted by Gasteiger charge is 2.40. The summed E-state index contributed by atoms with van der Waals surface area (Å²) in [4.78, 5) is 8.16. The van der Waals surface area contributed by atoms with Crippen molar-refractivity contribution in [3.05, 3.63) is 41.6 Å². The smallest absolute Gasteiger partial charge is 0.347 e. The van der Waals surface area contributed by atoms with Gasteiger partial charge in [0.1, 0.15) is 17.5 Å². The Morgan fingerprint density at radius 1 is 1.26 bits per heavy atom. The Morgan fingerprint density at radius 2 is 1.94 bits per heavy atom. The molecule has 2 atom stereocenters. The number of sulfone groups is 1. The number of aliphatic hydroxyl groups excluding tert-OH is 1. The van der Waals surface area contributed by atoms with E-state index in [-0.39, 0.29) is 17.6 Å². The van der Waals surface area contributed by atoms with Gasteiger partial charge in [0, 0.05) is 19.5 Å². The Labute approximate surface area is 198 Å². The number of nitriles is 1. The highest BCUT2D eigenvalue weighted by Crippen LogP contribution is 2.37. The lowest BCUT2D eigenvalue weighted by Gasteiger charge is -2.40. The van der Waals surface area contributed by atoms with E-state index < -0.39 is 20.0 Å². The molecule has 1 aromatic carbocycles. The van der Waals surface area contributed by atoms with Crippen LogP contribution in [0.1, 0.15) is 51.2 Å². The maximum Gasteiger partial charge on any atom is 0.347 e. The number of hydrogen-bond donors (Lipinski definition) is 3. The summed E-state index contributed by atoms with van der Waals surface area (Å²) in [5, 5.41) is 22.1. The number of anilines is 2. The van der Waals surface area contributed by atoms with Crippen molar-refractivity contribution in [3.8, 4) is 6.07 Å². The van der Waals surface area contributed by atoms with E-state index in [0.29, 0.717) is 43.6 Å². The van der Waals surface area contributed by atoms with Crippen molar-refractivity contribution < 1.29 is 22.3 Å². The molecule has 0 amide bonds. The standard InChI is InChI=1S/C23H29F2N5O3S/c1-22(2)12-17(6-9-19(22)31)29-20-16(13-26)14-28-21(30-20)27-11-10-15-4-7-18(8-5-15)34(32,33)23(3,24)25/h4-5,7-8,14,17,19,31H,6,9-12H2,1-3H3,(H2,27,28,29,30)/t17-,19+/m1/s1. The van der Waals surface area contributed by atoms with Gasteiger partial charge in [0.2, 0.25) is 15.8 Å². The number of rotatable bonds is 8. The molecule has 1 aliphatic carbocycles. The lowest BCUT2D eigenvalue weighted by Crippen LogP contribution is -2.41. The van der Waals surface area contributed by atoms with Crippen LogP contribution in [-0.4, -0.2) is 47.4 Å². The van der Waals surface area contributed by atoms with Gasteiger partial charge in [-0.05, 0) is 48.8 Å². The van der Waals surface area contributed by atoms with Crippen molar-refractivity contribution in [1.82, 2.24) is 9.97 Å². The molecule has 0 radical (unpaired) electrons. The van der Waals surface area contributed by atoms with Crippen LogP contribution in [0.25, 0.3) is 0 Å². The molecule has 0 spiro atoms. The lowest BCUT2D eigenvalue weighted by molar-refractivity contribution is 0.00926. The van der Waals surface area contributed by atoms with E-state index in [1.165, 1.54) is 30.5 Å². The first kappa shape index (κ1) is 25.8. The van der Waals surface area contributed by atoms with Crippen molar-refractivity contribution in [2.45, 2.75) is 68.8 Å². The van der Waals surface area contributed by atoms with Crippen LogP contribution in [0.4, 0.5) is 20.5 Å². The third-order valence-corrected chi connectivity index (χ3v) is 7.95. The molecule has 184 valence electrons. The number of hydrogen-bond acceptors (Lipinski definition) is 8. The molecule has 1 fully saturated rings. The predicted molar refractivity (Wildman–Crippen MR) is 124 cm³/mol. The zero-order valence-corrected chi connectivity index (χ0v) is 20.2. The van der Waals surface area contributed by atoms with Crippen LogP contribution >= 0.6 is 0 Å². The highest BCUT2D eigenvalue weighted by atomic mass is 32.2. The summed E-state index contributed by atoms with van der Waals surface area (Å²) in [6.07, 6.45) is 3.71. The van der Waals surface area contributed by atoms with Crippen LogP contribution in [0.5, 0.6) is 0 Å². The van der Waals surface area contributed by atoms with E-state index >= 15 is 0 Å². The Morgan fingerprint density at radius 3 is 2.53 bits per heavy atom. The van der Waals surface area contributed by atoms with E-state index in [1.54, 1.807) is 0 Å². The van der Waals surface area contributed by atoms with Gasteiger partial charge in [0.25, 0.3) is 0 Å². The van der Waals surface area contributed by atoms with Crippen molar-refractivity contribution >= 4 is 21.6 Å². The Balaban J connectivity index is 1.62. The van der Waals surface area contributed by atoms with Crippen LogP contribution in [0, 0.1) is 16.7 Å². The van der Waals surface area contributed by atoms with Crippen LogP contribution < -0.4 is 10.6 Å². The fourth-order valence-corrected chi connectivity index (χ4v) is 4.87. The second kappa shape index (κ2) is 9.80. The summed E-state index contributed by atoms with van der Waals surface area (Å²) < 4.78 is 50.3. The first-order valence-electron chi connectivity index (χ1n) is 11.0. The van der Waals surface area contributed by atoms with Gasteiger partial charge < -0.3 is 15.7 Å². The molecule has 3 rings (SSSR count). The second-order valence-corrected chi connectivity index (χ2v) is 11.5. The van der Waals surface area contributed by atoms with Crippen molar-refractivity contribution in [2.75, 3.05) is 17.2 Å². The number of aromatic nitrogens is 2. The molecule has 1 heterocycles. The van der Waals surface area contributed by atoms with Gasteiger partial charge in [-0.3, -0.25) is 0 Å². The average Bonchev–Trinajstić information content (AvgIpc) is 2.76. The molecule has 3 N–H and O–H groups in total. The normalized spacial score (nSPS) is 20.4. The van der Waals surface area contributed by atoms with Gasteiger partial charge in [-0.2, -0.15) is 19.0 Å². The minimum Gasteiger partial charge on any atom is -0.393 e. The number of alkyl halides is 2. The van der Waals surface area contributed by atoms with E-state index in [2.05, 4.69) is 26.7 Å². The van der Waals surface area contributed by atoms with Crippen LogP contribution in [0.2, 0.25) is 0 Å². The fraction of sp³-hybridized carbons (Fsp3) is 0.522. The summed E-state index contributed by atoms with van der Waals surface area (Å²) in [7, 11) is -4.71. The van der Waals surface area contributed by atoms with E-state index in [1.807, 2.05) is 13.8 Å². The minimum atomic E-state index is -4.71. The zero-order chi connectivity index (χ0) is 25.1. The predicted octanol–water partition coefficient (Wildman–Crippen LogP) is 3.74. The molecular formula is C23H29F2N5O3S. The maximum atomic E-state index is 13.3.